The Morgan fingerprint density at radius 2 is 1.79 bits per heavy atom. The number of hydrogen-bond acceptors (Lipinski definition) is 2. The van der Waals surface area contributed by atoms with Crippen LogP contribution in [0.5, 0.6) is 5.75 Å². The number of allylic oxidation sites excluding steroid dienone is 2. The largest absolute Gasteiger partial charge is 0.493 e. The van der Waals surface area contributed by atoms with Gasteiger partial charge in [-0.2, -0.15) is 0 Å². The molecule has 0 saturated carbocycles. The summed E-state index contributed by atoms with van der Waals surface area (Å²) in [6.45, 7) is 13.7. The van der Waals surface area contributed by atoms with Crippen LogP contribution >= 0.6 is 0 Å². The van der Waals surface area contributed by atoms with Crippen molar-refractivity contribution in [3.05, 3.63) is 34.9 Å². The molecule has 1 rings (SSSR count). The van der Waals surface area contributed by atoms with Gasteiger partial charge in [-0.1, -0.05) is 59.9 Å². The third-order valence-electron chi connectivity index (χ3n) is 4.42. The van der Waals surface area contributed by atoms with Gasteiger partial charge in [0.05, 0.1) is 6.61 Å². The maximum Gasteiger partial charge on any atom is 0.143 e. The Morgan fingerprint density at radius 1 is 1.08 bits per heavy atom. The van der Waals surface area contributed by atoms with Crippen molar-refractivity contribution in [2.75, 3.05) is 6.61 Å². The molecule has 0 heterocycles. The van der Waals surface area contributed by atoms with Gasteiger partial charge in [0.1, 0.15) is 12.0 Å². The fourth-order valence-electron chi connectivity index (χ4n) is 2.79. The van der Waals surface area contributed by atoms with E-state index in [4.69, 9.17) is 4.74 Å². The molecule has 1 aromatic rings. The van der Waals surface area contributed by atoms with Crippen molar-refractivity contribution in [2.45, 2.75) is 79.1 Å². The van der Waals surface area contributed by atoms with Gasteiger partial charge < -0.3 is 4.74 Å². The van der Waals surface area contributed by atoms with Gasteiger partial charge in [0.25, 0.3) is 0 Å². The first-order chi connectivity index (χ1) is 11.4. The fourth-order valence-corrected chi connectivity index (χ4v) is 2.79. The average molecular weight is 331 g/mol. The molecule has 0 aromatic heterocycles. The quantitative estimate of drug-likeness (QED) is 0.278. The molecule has 0 bridgehead atoms. The molecule has 2 heteroatoms. The van der Waals surface area contributed by atoms with Gasteiger partial charge in [0, 0.05) is 5.56 Å². The lowest BCUT2D eigenvalue weighted by Gasteiger charge is -2.21. The Labute approximate surface area is 148 Å². The second kappa shape index (κ2) is 10.3. The number of carbonyl (C=O) groups excluding carboxylic acids is 1. The molecule has 0 atom stereocenters. The van der Waals surface area contributed by atoms with Crippen LogP contribution in [0.2, 0.25) is 0 Å². The molecule has 0 aliphatic heterocycles. The fraction of sp³-hybridized carbons (Fsp3) is 0.591. The standard InChI is InChI=1S/C22H34O2/c1-7-8-9-10-13-24-22-20(17(4)5)14-19(16(2)3)15-21(22)18(6)11-12-23/h11-12,14-17H,7-10,13H2,1-6H3/b18-11+. The smallest absolute Gasteiger partial charge is 0.143 e. The van der Waals surface area contributed by atoms with Crippen molar-refractivity contribution in [1.29, 1.82) is 0 Å². The van der Waals surface area contributed by atoms with E-state index < -0.39 is 0 Å². The second-order valence-electron chi connectivity index (χ2n) is 7.19. The Morgan fingerprint density at radius 3 is 2.33 bits per heavy atom. The van der Waals surface area contributed by atoms with E-state index >= 15 is 0 Å². The summed E-state index contributed by atoms with van der Waals surface area (Å²) < 4.78 is 6.22. The van der Waals surface area contributed by atoms with Gasteiger partial charge in [-0.25, -0.2) is 0 Å². The lowest BCUT2D eigenvalue weighted by atomic mass is 9.89. The van der Waals surface area contributed by atoms with Gasteiger partial charge >= 0.3 is 0 Å². The minimum atomic E-state index is 0.386. The number of carbonyl (C=O) groups is 1. The highest BCUT2D eigenvalue weighted by atomic mass is 16.5. The van der Waals surface area contributed by atoms with Gasteiger partial charge in [-0.15, -0.1) is 0 Å². The first kappa shape index (κ1) is 20.5. The van der Waals surface area contributed by atoms with E-state index in [1.165, 1.54) is 30.4 Å². The molecule has 0 aliphatic rings. The van der Waals surface area contributed by atoms with Crippen molar-refractivity contribution in [3.8, 4) is 5.75 Å². The second-order valence-corrected chi connectivity index (χ2v) is 7.19. The summed E-state index contributed by atoms with van der Waals surface area (Å²) >= 11 is 0. The molecule has 0 fully saturated rings. The molecule has 0 unspecified atom stereocenters. The highest BCUT2D eigenvalue weighted by molar-refractivity contribution is 5.83. The highest BCUT2D eigenvalue weighted by Gasteiger charge is 2.17. The van der Waals surface area contributed by atoms with Crippen LogP contribution in [0, 0.1) is 0 Å². The van der Waals surface area contributed by atoms with Crippen LogP contribution in [-0.4, -0.2) is 12.9 Å². The van der Waals surface area contributed by atoms with Crippen LogP contribution in [0.15, 0.2) is 18.2 Å². The van der Waals surface area contributed by atoms with E-state index in [9.17, 15) is 4.79 Å². The molecule has 134 valence electrons. The molecule has 2 nitrogen and oxygen atoms in total. The topological polar surface area (TPSA) is 26.3 Å². The Bertz CT molecular complexity index is 553. The first-order valence-corrected chi connectivity index (χ1v) is 9.35. The lowest BCUT2D eigenvalue weighted by Crippen LogP contribution is -2.06. The summed E-state index contributed by atoms with van der Waals surface area (Å²) in [4.78, 5) is 11.0. The zero-order valence-electron chi connectivity index (χ0n) is 16.3. The van der Waals surface area contributed by atoms with Crippen LogP contribution in [0.25, 0.3) is 5.57 Å². The van der Waals surface area contributed by atoms with E-state index in [2.05, 4.69) is 46.8 Å². The third-order valence-corrected chi connectivity index (χ3v) is 4.42. The number of ether oxygens (including phenoxy) is 1. The summed E-state index contributed by atoms with van der Waals surface area (Å²) in [7, 11) is 0. The lowest BCUT2D eigenvalue weighted by molar-refractivity contribution is -0.104. The highest BCUT2D eigenvalue weighted by Crippen LogP contribution is 2.37. The van der Waals surface area contributed by atoms with E-state index in [0.717, 1.165) is 36.2 Å². The number of aldehydes is 1. The normalized spacial score (nSPS) is 12.1. The van der Waals surface area contributed by atoms with Gasteiger partial charge in [0.2, 0.25) is 0 Å². The van der Waals surface area contributed by atoms with Crippen molar-refractivity contribution in [3.63, 3.8) is 0 Å². The molecule has 0 amide bonds. The third kappa shape index (κ3) is 5.81. The Kier molecular flexibility index (Phi) is 8.81. The average Bonchev–Trinajstić information content (AvgIpc) is 2.54. The van der Waals surface area contributed by atoms with Gasteiger partial charge in [0.15, 0.2) is 0 Å². The number of hydrogen-bond donors (Lipinski definition) is 0. The predicted octanol–water partition coefficient (Wildman–Crippen LogP) is 6.49. The molecule has 0 aliphatic carbocycles. The van der Waals surface area contributed by atoms with Crippen molar-refractivity contribution in [2.24, 2.45) is 0 Å². The van der Waals surface area contributed by atoms with Crippen LogP contribution in [0.4, 0.5) is 0 Å². The molecular weight excluding hydrogens is 296 g/mol. The van der Waals surface area contributed by atoms with Gasteiger partial charge in [-0.3, -0.25) is 4.79 Å². The van der Waals surface area contributed by atoms with Crippen molar-refractivity contribution in [1.82, 2.24) is 0 Å². The van der Waals surface area contributed by atoms with Crippen LogP contribution < -0.4 is 4.74 Å². The molecule has 24 heavy (non-hydrogen) atoms. The van der Waals surface area contributed by atoms with E-state index in [1.54, 1.807) is 6.08 Å². The predicted molar refractivity (Wildman–Crippen MR) is 104 cm³/mol. The Balaban J connectivity index is 3.23. The summed E-state index contributed by atoms with van der Waals surface area (Å²) in [5.74, 6) is 1.79. The molecular formula is C22H34O2. The molecule has 0 radical (unpaired) electrons. The SMILES string of the molecule is CCCCCCOc1c(/C(C)=C/C=O)cc(C(C)C)cc1C(C)C. The molecule has 0 N–H and O–H groups in total. The number of unbranched alkanes of at least 4 members (excludes halogenated alkanes) is 3. The van der Waals surface area contributed by atoms with Gasteiger partial charge in [-0.05, 0) is 54.0 Å². The van der Waals surface area contributed by atoms with Crippen LogP contribution in [-0.2, 0) is 4.79 Å². The molecule has 1 aromatic carbocycles. The van der Waals surface area contributed by atoms with Crippen LogP contribution in [0.1, 0.15) is 95.8 Å². The van der Waals surface area contributed by atoms with E-state index in [0.29, 0.717) is 11.8 Å². The minimum Gasteiger partial charge on any atom is -0.493 e. The van der Waals surface area contributed by atoms with E-state index in [-0.39, 0.29) is 0 Å². The summed E-state index contributed by atoms with van der Waals surface area (Å²) in [6, 6.07) is 4.46. The van der Waals surface area contributed by atoms with Crippen molar-refractivity contribution >= 4 is 11.9 Å². The first-order valence-electron chi connectivity index (χ1n) is 9.35. The van der Waals surface area contributed by atoms with Crippen LogP contribution in [0.3, 0.4) is 0 Å². The number of benzene rings is 1. The van der Waals surface area contributed by atoms with Crippen molar-refractivity contribution < 1.29 is 9.53 Å². The maximum absolute atomic E-state index is 11.0. The van der Waals surface area contributed by atoms with E-state index in [1.807, 2.05) is 6.92 Å². The monoisotopic (exact) mass is 330 g/mol. The maximum atomic E-state index is 11.0. The zero-order valence-corrected chi connectivity index (χ0v) is 16.3. The Hall–Kier alpha value is -1.57. The zero-order chi connectivity index (χ0) is 18.1. The minimum absolute atomic E-state index is 0.386. The molecule has 0 spiro atoms. The molecule has 0 saturated heterocycles. The number of rotatable bonds is 10. The summed E-state index contributed by atoms with van der Waals surface area (Å²) in [5.41, 5.74) is 4.57. The summed E-state index contributed by atoms with van der Waals surface area (Å²) in [5, 5.41) is 0. The summed E-state index contributed by atoms with van der Waals surface area (Å²) in [6.07, 6.45) is 7.25.